The molecule has 120 valence electrons. The molecule has 0 saturated carbocycles. The molecule has 0 unspecified atom stereocenters. The average Bonchev–Trinajstić information content (AvgIpc) is 2.60. The Hall–Kier alpha value is -1.73. The molecule has 5 heteroatoms. The van der Waals surface area contributed by atoms with Crippen LogP contribution in [0.15, 0.2) is 66.7 Å². The highest BCUT2D eigenvalue weighted by Gasteiger charge is 2.39. The molecule has 1 heterocycles. The first-order valence-corrected chi connectivity index (χ1v) is 9.93. The second kappa shape index (κ2) is 5.67. The van der Waals surface area contributed by atoms with Crippen molar-refractivity contribution in [1.82, 2.24) is 0 Å². The Morgan fingerprint density at radius 2 is 1.50 bits per heavy atom. The molecule has 1 atom stereocenters. The van der Waals surface area contributed by atoms with E-state index in [4.69, 9.17) is 23.2 Å². The molecule has 3 aromatic carbocycles. The van der Waals surface area contributed by atoms with Gasteiger partial charge in [0.25, 0.3) is 0 Å². The van der Waals surface area contributed by atoms with E-state index in [2.05, 4.69) is 0 Å². The maximum Gasteiger partial charge on any atom is 0.230 e. The van der Waals surface area contributed by atoms with Crippen LogP contribution in [0.5, 0.6) is 0 Å². The Balaban J connectivity index is 2.07. The van der Waals surface area contributed by atoms with Crippen LogP contribution in [-0.2, 0) is 4.57 Å². The summed E-state index contributed by atoms with van der Waals surface area (Å²) in [5.41, 5.74) is 2.90. The van der Waals surface area contributed by atoms with Crippen LogP contribution in [0.25, 0.3) is 11.1 Å². The predicted octanol–water partition coefficient (Wildman–Crippen LogP) is 5.34. The number of rotatable bonds is 1. The smallest absolute Gasteiger partial charge is 0.230 e. The lowest BCUT2D eigenvalue weighted by molar-refractivity contribution is 0.586. The zero-order valence-corrected chi connectivity index (χ0v) is 15.3. The summed E-state index contributed by atoms with van der Waals surface area (Å²) >= 11 is 12.2. The third-order valence-electron chi connectivity index (χ3n) is 4.43. The fourth-order valence-corrected chi connectivity index (χ4v) is 6.31. The molecule has 2 nitrogen and oxygen atoms in total. The lowest BCUT2D eigenvalue weighted by Gasteiger charge is -2.37. The molecule has 0 aliphatic carbocycles. The van der Waals surface area contributed by atoms with E-state index in [9.17, 15) is 4.57 Å². The summed E-state index contributed by atoms with van der Waals surface area (Å²) < 4.78 is 16.1. The Bertz CT molecular complexity index is 985. The highest BCUT2D eigenvalue weighted by atomic mass is 35.5. The van der Waals surface area contributed by atoms with Crippen molar-refractivity contribution in [2.24, 2.45) is 0 Å². The van der Waals surface area contributed by atoms with Crippen molar-refractivity contribution in [3.63, 3.8) is 0 Å². The molecule has 0 radical (unpaired) electrons. The fourth-order valence-electron chi connectivity index (χ4n) is 3.24. The van der Waals surface area contributed by atoms with Gasteiger partial charge in [-0.2, -0.15) is 0 Å². The van der Waals surface area contributed by atoms with E-state index in [0.717, 1.165) is 27.4 Å². The predicted molar refractivity (Wildman–Crippen MR) is 104 cm³/mol. The van der Waals surface area contributed by atoms with Crippen molar-refractivity contribution in [1.29, 1.82) is 0 Å². The molecule has 4 rings (SSSR count). The van der Waals surface area contributed by atoms with Gasteiger partial charge in [0.15, 0.2) is 0 Å². The lowest BCUT2D eigenvalue weighted by Crippen LogP contribution is -2.33. The molecule has 1 aliphatic heterocycles. The molecular weight excluding hydrogens is 360 g/mol. The summed E-state index contributed by atoms with van der Waals surface area (Å²) in [6.07, 6.45) is 0. The SMILES string of the molecule is CN1c2ccccc2-c2cc(Cl)ccc2[P@]1(=O)c1ccc(Cl)cc1. The average molecular weight is 374 g/mol. The quantitative estimate of drug-likeness (QED) is 0.536. The van der Waals surface area contributed by atoms with E-state index < -0.39 is 7.29 Å². The molecule has 3 aromatic rings. The molecule has 24 heavy (non-hydrogen) atoms. The van der Waals surface area contributed by atoms with Crippen molar-refractivity contribution in [3.8, 4) is 11.1 Å². The molecule has 0 spiro atoms. The number of benzene rings is 3. The fraction of sp³-hybridized carbons (Fsp3) is 0.0526. The third-order valence-corrected chi connectivity index (χ3v) is 8.02. The van der Waals surface area contributed by atoms with Crippen LogP contribution in [0.4, 0.5) is 5.69 Å². The second-order valence-corrected chi connectivity index (χ2v) is 9.38. The first kappa shape index (κ1) is 15.8. The maximum absolute atomic E-state index is 14.2. The second-order valence-electron chi connectivity index (χ2n) is 5.75. The maximum atomic E-state index is 14.2. The van der Waals surface area contributed by atoms with Crippen LogP contribution in [0, 0.1) is 0 Å². The van der Waals surface area contributed by atoms with E-state index in [0.29, 0.717) is 10.0 Å². The summed E-state index contributed by atoms with van der Waals surface area (Å²) in [5.74, 6) is 0. The van der Waals surface area contributed by atoms with Crippen LogP contribution >= 0.6 is 30.5 Å². The minimum Gasteiger partial charge on any atom is -0.318 e. The van der Waals surface area contributed by atoms with Crippen LogP contribution in [0.3, 0.4) is 0 Å². The lowest BCUT2D eigenvalue weighted by atomic mass is 10.0. The van der Waals surface area contributed by atoms with Crippen LogP contribution in [0.1, 0.15) is 0 Å². The van der Waals surface area contributed by atoms with Crippen LogP contribution < -0.4 is 15.3 Å². The van der Waals surface area contributed by atoms with Crippen LogP contribution in [-0.4, -0.2) is 7.05 Å². The van der Waals surface area contributed by atoms with Gasteiger partial charge in [-0.05, 0) is 54.1 Å². The van der Waals surface area contributed by atoms with E-state index in [1.807, 2.05) is 60.2 Å². The van der Waals surface area contributed by atoms with Crippen LogP contribution in [0.2, 0.25) is 10.0 Å². The normalized spacial score (nSPS) is 18.9. The monoisotopic (exact) mass is 373 g/mol. The Kier molecular flexibility index (Phi) is 3.73. The molecule has 1 aliphatic rings. The zero-order chi connectivity index (χ0) is 16.9. The molecular formula is C19H14Cl2NOP. The molecule has 0 N–H and O–H groups in total. The molecule has 0 bridgehead atoms. The van der Waals surface area contributed by atoms with Gasteiger partial charge in [-0.3, -0.25) is 4.57 Å². The standard InChI is InChI=1S/C19H14Cl2NOP/c1-22-18-5-3-2-4-16(18)17-12-14(21)8-11-19(17)24(22,23)15-9-6-13(20)7-10-15/h2-12H,1H3/t24-/m1/s1. The zero-order valence-electron chi connectivity index (χ0n) is 12.9. The van der Waals surface area contributed by atoms with E-state index >= 15 is 0 Å². The minimum absolute atomic E-state index is 0.627. The van der Waals surface area contributed by atoms with Gasteiger partial charge in [-0.25, -0.2) is 0 Å². The van der Waals surface area contributed by atoms with Gasteiger partial charge in [0.1, 0.15) is 0 Å². The summed E-state index contributed by atoms with van der Waals surface area (Å²) in [5, 5.41) is 2.82. The van der Waals surface area contributed by atoms with Crippen molar-refractivity contribution in [3.05, 3.63) is 76.8 Å². The molecule has 0 aromatic heterocycles. The Morgan fingerprint density at radius 1 is 0.833 bits per heavy atom. The van der Waals surface area contributed by atoms with E-state index in [-0.39, 0.29) is 0 Å². The van der Waals surface area contributed by atoms with E-state index in [1.54, 1.807) is 18.2 Å². The largest absolute Gasteiger partial charge is 0.318 e. The third kappa shape index (κ3) is 2.22. The van der Waals surface area contributed by atoms with Gasteiger partial charge in [0.05, 0.1) is 5.69 Å². The molecule has 0 fully saturated rings. The van der Waals surface area contributed by atoms with Gasteiger partial charge < -0.3 is 4.67 Å². The number of hydrogen-bond acceptors (Lipinski definition) is 1. The first-order valence-electron chi connectivity index (χ1n) is 7.52. The van der Waals surface area contributed by atoms with Gasteiger partial charge >= 0.3 is 0 Å². The van der Waals surface area contributed by atoms with Crippen molar-refractivity contribution in [2.75, 3.05) is 11.7 Å². The van der Waals surface area contributed by atoms with Gasteiger partial charge in [0.2, 0.25) is 7.29 Å². The number of halogens is 2. The molecule has 0 saturated heterocycles. The summed E-state index contributed by atoms with van der Waals surface area (Å²) in [4.78, 5) is 0. The number of hydrogen-bond donors (Lipinski definition) is 0. The van der Waals surface area contributed by atoms with Crippen molar-refractivity contribution in [2.45, 2.75) is 0 Å². The summed E-state index contributed by atoms with van der Waals surface area (Å²) in [7, 11) is -1.12. The van der Waals surface area contributed by atoms with E-state index in [1.165, 1.54) is 0 Å². The van der Waals surface area contributed by atoms with Gasteiger partial charge in [0, 0.05) is 33.3 Å². The summed E-state index contributed by atoms with van der Waals surface area (Å²) in [6, 6.07) is 20.8. The molecule has 0 amide bonds. The number of para-hydroxylation sites is 1. The number of fused-ring (bicyclic) bond motifs is 3. The van der Waals surface area contributed by atoms with Crippen molar-refractivity contribution >= 4 is 46.8 Å². The topological polar surface area (TPSA) is 20.3 Å². The highest BCUT2D eigenvalue weighted by molar-refractivity contribution is 7.80. The Labute approximate surface area is 151 Å². The summed E-state index contributed by atoms with van der Waals surface area (Å²) in [6.45, 7) is 0. The first-order chi connectivity index (χ1) is 11.5. The van der Waals surface area contributed by atoms with Crippen molar-refractivity contribution < 1.29 is 4.57 Å². The number of anilines is 1. The highest BCUT2D eigenvalue weighted by Crippen LogP contribution is 2.56. The number of nitrogens with zero attached hydrogens (tertiary/aromatic N) is 1. The van der Waals surface area contributed by atoms with Gasteiger partial charge in [-0.1, -0.05) is 41.4 Å². The minimum atomic E-state index is -3.00. The Morgan fingerprint density at radius 3 is 2.25 bits per heavy atom. The van der Waals surface area contributed by atoms with Gasteiger partial charge in [-0.15, -0.1) is 0 Å².